The third kappa shape index (κ3) is 1.17. The Hall–Kier alpha value is -0.880. The van der Waals surface area contributed by atoms with Gasteiger partial charge in [-0.25, -0.2) is 0 Å². The third-order valence-electron chi connectivity index (χ3n) is 1.74. The van der Waals surface area contributed by atoms with Crippen molar-refractivity contribution in [1.82, 2.24) is 9.78 Å². The van der Waals surface area contributed by atoms with Crippen molar-refractivity contribution < 1.29 is 0 Å². The monoisotopic (exact) mass is 260 g/mol. The van der Waals surface area contributed by atoms with Crippen LogP contribution in [0.3, 0.4) is 0 Å². The van der Waals surface area contributed by atoms with Crippen molar-refractivity contribution in [1.29, 1.82) is 0 Å². The maximum Gasteiger partial charge on any atom is 0.282 e. The van der Waals surface area contributed by atoms with Crippen molar-refractivity contribution in [2.24, 2.45) is 7.05 Å². The van der Waals surface area contributed by atoms with Crippen molar-refractivity contribution in [3.05, 3.63) is 30.6 Å². The highest BCUT2D eigenvalue weighted by molar-refractivity contribution is 9.10. The summed E-state index contributed by atoms with van der Waals surface area (Å²) in [4.78, 5) is 22.9. The van der Waals surface area contributed by atoms with E-state index in [1.165, 1.54) is 23.1 Å². The molecule has 0 atom stereocenters. The van der Waals surface area contributed by atoms with Gasteiger partial charge in [-0.2, -0.15) is 0 Å². The maximum atomic E-state index is 11.5. The molecule has 2 heterocycles. The number of rotatable bonds is 0. The zero-order valence-corrected chi connectivity index (χ0v) is 9.03. The molecule has 0 radical (unpaired) electrons. The van der Waals surface area contributed by atoms with Gasteiger partial charge in [-0.05, 0) is 15.9 Å². The molecule has 0 fully saturated rings. The van der Waals surface area contributed by atoms with Crippen LogP contribution in [0.5, 0.6) is 0 Å². The normalized spacial score (nSPS) is 10.9. The van der Waals surface area contributed by atoms with E-state index in [1.807, 2.05) is 0 Å². The molecule has 2 aromatic heterocycles. The lowest BCUT2D eigenvalue weighted by atomic mass is 10.4. The first-order valence-electron chi connectivity index (χ1n) is 3.47. The lowest BCUT2D eigenvalue weighted by Gasteiger charge is -1.95. The number of hydrogen-bond donors (Lipinski definition) is 1. The van der Waals surface area contributed by atoms with Gasteiger partial charge < -0.3 is 0 Å². The highest BCUT2D eigenvalue weighted by Gasteiger charge is 2.10. The number of aromatic amines is 1. The average molecular weight is 261 g/mol. The van der Waals surface area contributed by atoms with Crippen LogP contribution in [0.1, 0.15) is 0 Å². The standard InChI is InChI=1S/C7H5BrN2O2S/c1-10-7(12)5-4(6(11)9-10)3(8)2-13-5/h2H,1H3,(H,9,11). The van der Waals surface area contributed by atoms with E-state index in [2.05, 4.69) is 21.0 Å². The van der Waals surface area contributed by atoms with E-state index in [0.717, 1.165) is 0 Å². The summed E-state index contributed by atoms with van der Waals surface area (Å²) in [5.41, 5.74) is -0.421. The fourth-order valence-electron chi connectivity index (χ4n) is 1.12. The van der Waals surface area contributed by atoms with Gasteiger partial charge in [-0.3, -0.25) is 19.4 Å². The Bertz CT molecular complexity index is 580. The highest BCUT2D eigenvalue weighted by atomic mass is 79.9. The van der Waals surface area contributed by atoms with Gasteiger partial charge in [-0.1, -0.05) is 0 Å². The third-order valence-corrected chi connectivity index (χ3v) is 3.64. The first-order valence-corrected chi connectivity index (χ1v) is 5.14. The smallest absolute Gasteiger partial charge is 0.267 e. The highest BCUT2D eigenvalue weighted by Crippen LogP contribution is 2.24. The number of nitrogens with zero attached hydrogens (tertiary/aromatic N) is 1. The van der Waals surface area contributed by atoms with Gasteiger partial charge in [0.1, 0.15) is 4.70 Å². The lowest BCUT2D eigenvalue weighted by molar-refractivity contribution is 0.705. The predicted molar refractivity (Wildman–Crippen MR) is 55.4 cm³/mol. The van der Waals surface area contributed by atoms with Crippen LogP contribution in [0.25, 0.3) is 10.1 Å². The molecule has 0 bridgehead atoms. The molecule has 68 valence electrons. The van der Waals surface area contributed by atoms with Crippen LogP contribution in [0, 0.1) is 0 Å². The first-order chi connectivity index (χ1) is 6.11. The minimum Gasteiger partial charge on any atom is -0.267 e. The van der Waals surface area contributed by atoms with Gasteiger partial charge in [-0.15, -0.1) is 11.3 Å². The van der Waals surface area contributed by atoms with Crippen molar-refractivity contribution in [2.45, 2.75) is 0 Å². The van der Waals surface area contributed by atoms with Crippen LogP contribution in [0.2, 0.25) is 0 Å². The van der Waals surface area contributed by atoms with Crippen molar-refractivity contribution >= 4 is 37.4 Å². The lowest BCUT2D eigenvalue weighted by Crippen LogP contribution is -2.26. The zero-order valence-electron chi connectivity index (χ0n) is 6.63. The second-order valence-corrected chi connectivity index (χ2v) is 4.33. The average Bonchev–Trinajstić information content (AvgIpc) is 2.44. The molecule has 13 heavy (non-hydrogen) atoms. The van der Waals surface area contributed by atoms with E-state index in [4.69, 9.17) is 0 Å². The summed E-state index contributed by atoms with van der Waals surface area (Å²) in [5, 5.41) is 4.61. The molecule has 0 aliphatic carbocycles. The number of thiophene rings is 1. The minimum absolute atomic E-state index is 0.176. The fraction of sp³-hybridized carbons (Fsp3) is 0.143. The van der Waals surface area contributed by atoms with E-state index in [0.29, 0.717) is 14.6 Å². The van der Waals surface area contributed by atoms with Crippen LogP contribution in [-0.2, 0) is 7.05 Å². The molecular weight excluding hydrogens is 256 g/mol. The summed E-state index contributed by atoms with van der Waals surface area (Å²) in [6.07, 6.45) is 0. The van der Waals surface area contributed by atoms with Gasteiger partial charge in [0.2, 0.25) is 0 Å². The number of hydrogen-bond acceptors (Lipinski definition) is 3. The summed E-state index contributed by atoms with van der Waals surface area (Å²) in [6.45, 7) is 0. The number of halogens is 1. The molecule has 0 aromatic carbocycles. The molecule has 0 saturated carbocycles. The van der Waals surface area contributed by atoms with E-state index >= 15 is 0 Å². The molecule has 0 unspecified atom stereocenters. The maximum absolute atomic E-state index is 11.5. The molecule has 2 rings (SSSR count). The van der Waals surface area contributed by atoms with Gasteiger partial charge in [0.05, 0.1) is 5.39 Å². The Morgan fingerprint density at radius 3 is 2.92 bits per heavy atom. The summed E-state index contributed by atoms with van der Waals surface area (Å²) < 4.78 is 2.35. The van der Waals surface area contributed by atoms with Crippen LogP contribution in [0.15, 0.2) is 19.4 Å². The molecule has 2 aromatic rings. The summed E-state index contributed by atoms with van der Waals surface area (Å²) in [7, 11) is 1.52. The van der Waals surface area contributed by atoms with Crippen LogP contribution < -0.4 is 11.1 Å². The summed E-state index contributed by atoms with van der Waals surface area (Å²) in [5.74, 6) is 0. The zero-order chi connectivity index (χ0) is 9.59. The molecule has 6 heteroatoms. The fourth-order valence-corrected chi connectivity index (χ4v) is 2.80. The van der Waals surface area contributed by atoms with Crippen molar-refractivity contribution in [3.8, 4) is 0 Å². The molecule has 0 aliphatic heterocycles. The largest absolute Gasteiger partial charge is 0.282 e. The first kappa shape index (κ1) is 8.71. The van der Waals surface area contributed by atoms with Crippen molar-refractivity contribution in [3.63, 3.8) is 0 Å². The van der Waals surface area contributed by atoms with E-state index in [9.17, 15) is 9.59 Å². The number of aromatic nitrogens is 2. The Morgan fingerprint density at radius 1 is 1.54 bits per heavy atom. The molecule has 0 spiro atoms. The second-order valence-electron chi connectivity index (χ2n) is 2.59. The Morgan fingerprint density at radius 2 is 2.23 bits per heavy atom. The quantitative estimate of drug-likeness (QED) is 0.770. The molecule has 4 nitrogen and oxygen atoms in total. The molecule has 1 N–H and O–H groups in total. The van der Waals surface area contributed by atoms with E-state index in [-0.39, 0.29) is 11.1 Å². The van der Waals surface area contributed by atoms with Crippen molar-refractivity contribution in [2.75, 3.05) is 0 Å². The Balaban J connectivity index is 3.18. The number of aryl methyl sites for hydroxylation is 1. The number of fused-ring (bicyclic) bond motifs is 1. The number of H-pyrrole nitrogens is 1. The van der Waals surface area contributed by atoms with Crippen LogP contribution in [-0.4, -0.2) is 9.78 Å². The molecule has 0 amide bonds. The topological polar surface area (TPSA) is 54.9 Å². The summed E-state index contributed by atoms with van der Waals surface area (Å²) >= 11 is 4.49. The predicted octanol–water partition coefficient (Wildman–Crippen LogP) is 1.05. The Labute approximate surface area is 84.9 Å². The Kier molecular flexibility index (Phi) is 1.88. The van der Waals surface area contributed by atoms with E-state index in [1.54, 1.807) is 5.38 Å². The second kappa shape index (κ2) is 2.81. The van der Waals surface area contributed by atoms with Gasteiger partial charge in [0.15, 0.2) is 0 Å². The van der Waals surface area contributed by atoms with Crippen LogP contribution >= 0.6 is 27.3 Å². The van der Waals surface area contributed by atoms with Crippen LogP contribution in [0.4, 0.5) is 0 Å². The molecule has 0 saturated heterocycles. The van der Waals surface area contributed by atoms with E-state index < -0.39 is 0 Å². The van der Waals surface area contributed by atoms with Gasteiger partial charge in [0, 0.05) is 16.9 Å². The van der Waals surface area contributed by atoms with Gasteiger partial charge >= 0.3 is 0 Å². The number of nitrogens with one attached hydrogen (secondary N) is 1. The molecule has 0 aliphatic rings. The SMILES string of the molecule is Cn1[nH]c(=O)c2c(Br)csc2c1=O. The molecular formula is C7H5BrN2O2S. The minimum atomic E-state index is -0.245. The summed E-state index contributed by atoms with van der Waals surface area (Å²) in [6, 6.07) is 0. The van der Waals surface area contributed by atoms with Gasteiger partial charge in [0.25, 0.3) is 11.1 Å².